The van der Waals surface area contributed by atoms with Crippen molar-refractivity contribution in [2.24, 2.45) is 0 Å². The molecule has 0 amide bonds. The third-order valence-corrected chi connectivity index (χ3v) is 26.8. The summed E-state index contributed by atoms with van der Waals surface area (Å²) < 4.78 is 0. The summed E-state index contributed by atoms with van der Waals surface area (Å²) in [7, 11) is -4.31. The van der Waals surface area contributed by atoms with Gasteiger partial charge in [-0.15, -0.1) is 0 Å². The molecule has 3 nitrogen and oxygen atoms in total. The van der Waals surface area contributed by atoms with Crippen LogP contribution in [0.3, 0.4) is 0 Å². The van der Waals surface area contributed by atoms with E-state index in [2.05, 4.69) is 255 Å². The third-order valence-electron chi connectivity index (χ3n) is 19.7. The molecule has 6 aliphatic heterocycles. The zero-order chi connectivity index (χ0) is 51.3. The summed E-state index contributed by atoms with van der Waals surface area (Å²) in [6.45, 7) is 12.5. The van der Waals surface area contributed by atoms with Gasteiger partial charge in [0.25, 0.3) is 6.71 Å². The van der Waals surface area contributed by atoms with Crippen molar-refractivity contribution in [1.82, 2.24) is 4.98 Å². The van der Waals surface area contributed by atoms with E-state index < -0.39 is 27.0 Å². The van der Waals surface area contributed by atoms with Crippen molar-refractivity contribution in [2.75, 3.05) is 9.80 Å². The number of hydrogen-bond acceptors (Lipinski definition) is 3. The van der Waals surface area contributed by atoms with Gasteiger partial charge in [-0.2, -0.15) is 0 Å². The molecule has 0 unspecified atom stereocenters. The lowest BCUT2D eigenvalue weighted by molar-refractivity contribution is 0.735. The number of pyridine rings is 1. The van der Waals surface area contributed by atoms with E-state index in [-0.39, 0.29) is 6.71 Å². The van der Waals surface area contributed by atoms with Gasteiger partial charge in [0, 0.05) is 33.5 Å². The minimum Gasteiger partial charge on any atom is -0.311 e. The fourth-order valence-electron chi connectivity index (χ4n) is 16.7. The number of unbranched alkanes of at least 4 members (excludes halogenated alkanes) is 1. The summed E-state index contributed by atoms with van der Waals surface area (Å²) in [5.74, 6) is 0. The minimum atomic E-state index is -2.16. The van der Waals surface area contributed by atoms with Gasteiger partial charge >= 0.3 is 0 Å². The summed E-state index contributed by atoms with van der Waals surface area (Å²) in [5.41, 5.74) is 23.9. The molecule has 0 radical (unpaired) electrons. The van der Waals surface area contributed by atoms with Crippen LogP contribution in [0.1, 0.15) is 70.0 Å². The zero-order valence-corrected chi connectivity index (χ0v) is 46.2. The van der Waals surface area contributed by atoms with Crippen molar-refractivity contribution in [2.45, 2.75) is 63.2 Å². The molecule has 0 atom stereocenters. The molecule has 0 fully saturated rings. The standard InChI is InChI=1S/C71H56BN3Si2/c1-6-7-36-57-45-25-9-8-24-44(45)46-43-60-65-69(66(46)73-57)75-59-38-17-11-27-48(59)71(51-30-14-20-41-63(51)77(4,5)64-42-21-15-31-52(64)71)54-33-23-35-56(68(54)75)72(65)55-34-22-32-53-67(55)74(60)58-37-16-10-26-47(58)70(53)49-28-12-18-39-61(49)76(2,3)62-40-19-13-29-50(62)70/h8-35,37-43H,6-7,36H2,1-5H3. The molecule has 366 valence electrons. The second-order valence-electron chi connectivity index (χ2n) is 23.8. The first kappa shape index (κ1) is 44.1. The summed E-state index contributed by atoms with van der Waals surface area (Å²) in [5, 5.41) is 9.81. The van der Waals surface area contributed by atoms with E-state index in [9.17, 15) is 0 Å². The summed E-state index contributed by atoms with van der Waals surface area (Å²) in [6, 6.07) is 83.6. The van der Waals surface area contributed by atoms with Crippen LogP contribution in [-0.2, 0) is 17.3 Å². The summed E-state index contributed by atoms with van der Waals surface area (Å²) in [4.78, 5) is 11.5. The monoisotopic (exact) mass is 1020 g/mol. The van der Waals surface area contributed by atoms with Gasteiger partial charge in [-0.05, 0) is 118 Å². The van der Waals surface area contributed by atoms with Crippen LogP contribution in [0.2, 0.25) is 26.2 Å². The number of anilines is 6. The van der Waals surface area contributed by atoms with Crippen LogP contribution in [0.25, 0.3) is 21.7 Å². The van der Waals surface area contributed by atoms with Gasteiger partial charge < -0.3 is 9.80 Å². The summed E-state index contributed by atoms with van der Waals surface area (Å²) >= 11 is 0. The third kappa shape index (κ3) is 5.09. The zero-order valence-electron chi connectivity index (χ0n) is 44.2. The molecule has 2 spiro atoms. The highest BCUT2D eigenvalue weighted by molar-refractivity contribution is 7.02. The van der Waals surface area contributed by atoms with Crippen molar-refractivity contribution in [3.63, 3.8) is 0 Å². The van der Waals surface area contributed by atoms with Gasteiger partial charge in [0.1, 0.15) is 16.1 Å². The highest BCUT2D eigenvalue weighted by Crippen LogP contribution is 2.63. The maximum atomic E-state index is 6.04. The SMILES string of the molecule is CCCCc1nc2c3c4c(cc2c2ccccc12)N1c2ccccc2C2(c5ccccc5[Si](C)(C)c5ccccc52)c2cccc(c21)B4c1cccc2c1N3c1ccccc1C21c2ccccc2[Si](C)(C)c2ccccc21. The van der Waals surface area contributed by atoms with Crippen molar-refractivity contribution >= 4 is 116 Å². The second kappa shape index (κ2) is 15.1. The van der Waals surface area contributed by atoms with Crippen LogP contribution in [0.5, 0.6) is 0 Å². The predicted molar refractivity (Wildman–Crippen MR) is 329 cm³/mol. The molecular formula is C71H56BN3Si2. The Hall–Kier alpha value is -8.03. The molecule has 7 heterocycles. The quantitative estimate of drug-likeness (QED) is 0.130. The average Bonchev–Trinajstić information content (AvgIpc) is 3.38. The van der Waals surface area contributed by atoms with Gasteiger partial charge in [0.2, 0.25) is 0 Å². The number of benzene rings is 10. The van der Waals surface area contributed by atoms with Crippen LogP contribution in [-0.4, -0.2) is 27.8 Å². The van der Waals surface area contributed by atoms with Gasteiger partial charge in [-0.3, -0.25) is 0 Å². The Balaban J connectivity index is 1.07. The summed E-state index contributed by atoms with van der Waals surface area (Å²) in [6.07, 6.45) is 3.12. The van der Waals surface area contributed by atoms with Crippen LogP contribution >= 0.6 is 0 Å². The smallest absolute Gasteiger partial charge is 0.252 e. The van der Waals surface area contributed by atoms with Crippen LogP contribution < -0.4 is 46.9 Å². The van der Waals surface area contributed by atoms with E-state index in [0.717, 1.165) is 24.8 Å². The van der Waals surface area contributed by atoms with E-state index in [1.54, 1.807) is 0 Å². The van der Waals surface area contributed by atoms with Gasteiger partial charge in [-0.1, -0.05) is 234 Å². The highest BCUT2D eigenvalue weighted by atomic mass is 28.3. The van der Waals surface area contributed by atoms with Crippen molar-refractivity contribution in [3.8, 4) is 0 Å². The van der Waals surface area contributed by atoms with E-state index in [4.69, 9.17) is 4.98 Å². The topological polar surface area (TPSA) is 19.4 Å². The van der Waals surface area contributed by atoms with Gasteiger partial charge in [0.15, 0.2) is 0 Å². The van der Waals surface area contributed by atoms with E-state index in [1.807, 2.05) is 0 Å². The fourth-order valence-corrected chi connectivity index (χ4v) is 23.1. The van der Waals surface area contributed by atoms with E-state index in [0.29, 0.717) is 0 Å². The Morgan fingerprint density at radius 2 is 0.818 bits per heavy atom. The molecule has 1 aromatic heterocycles. The number of para-hydroxylation sites is 4. The lowest BCUT2D eigenvalue weighted by Gasteiger charge is -2.56. The molecule has 0 saturated carbocycles. The molecule has 10 aromatic carbocycles. The number of rotatable bonds is 3. The molecule has 17 rings (SSSR count). The first-order valence-electron chi connectivity index (χ1n) is 28.1. The van der Waals surface area contributed by atoms with Gasteiger partial charge in [-0.25, -0.2) is 4.98 Å². The first-order chi connectivity index (χ1) is 37.7. The van der Waals surface area contributed by atoms with Crippen LogP contribution in [0.4, 0.5) is 34.1 Å². The van der Waals surface area contributed by atoms with Crippen LogP contribution in [0, 0.1) is 0 Å². The maximum Gasteiger partial charge on any atom is 0.252 e. The Morgan fingerprint density at radius 1 is 0.403 bits per heavy atom. The normalized spacial score (nSPS) is 16.9. The molecule has 6 aliphatic rings. The van der Waals surface area contributed by atoms with Crippen molar-refractivity contribution < 1.29 is 0 Å². The largest absolute Gasteiger partial charge is 0.311 e. The van der Waals surface area contributed by atoms with Crippen molar-refractivity contribution in [3.05, 3.63) is 263 Å². The molecule has 11 aromatic rings. The average molecular weight is 1020 g/mol. The maximum absolute atomic E-state index is 6.04. The molecule has 0 bridgehead atoms. The van der Waals surface area contributed by atoms with Gasteiger partial charge in [0.05, 0.1) is 33.4 Å². The predicted octanol–water partition coefficient (Wildman–Crippen LogP) is 12.5. The van der Waals surface area contributed by atoms with Crippen LogP contribution in [0.15, 0.2) is 212 Å². The number of fused-ring (bicyclic) bond motifs is 24. The first-order valence-corrected chi connectivity index (χ1v) is 34.1. The molecule has 6 heteroatoms. The van der Waals surface area contributed by atoms with E-state index >= 15 is 0 Å². The fraction of sp³-hybridized carbons (Fsp3) is 0.141. The second-order valence-corrected chi connectivity index (χ2v) is 32.5. The molecule has 0 N–H and O–H groups in total. The Bertz CT molecular complexity index is 4350. The number of aromatic nitrogens is 1. The Morgan fingerprint density at radius 3 is 1.32 bits per heavy atom. The number of hydrogen-bond donors (Lipinski definition) is 0. The van der Waals surface area contributed by atoms with Crippen molar-refractivity contribution in [1.29, 1.82) is 0 Å². The lowest BCUT2D eigenvalue weighted by atomic mass is 9.32. The molecule has 0 saturated heterocycles. The number of nitrogens with zero attached hydrogens (tertiary/aromatic N) is 3. The van der Waals surface area contributed by atoms with E-state index in [1.165, 1.54) is 138 Å². The lowest BCUT2D eigenvalue weighted by Crippen LogP contribution is -2.67. The number of aryl methyl sites for hydroxylation is 1. The Labute approximate surface area is 453 Å². The highest BCUT2D eigenvalue weighted by Gasteiger charge is 2.60. The minimum absolute atomic E-state index is 0.0985. The molecule has 0 aliphatic carbocycles. The molecular weight excluding hydrogens is 962 g/mol. The molecule has 77 heavy (non-hydrogen) atoms. The Kier molecular flexibility index (Phi) is 8.67.